The van der Waals surface area contributed by atoms with Crippen LogP contribution in [0, 0.1) is 11.3 Å². The standard InChI is InChI=1S/C23H17ClN2OS/c24-18-10-8-16(9-11-18)20-12-22(27)26-23(21(20)13-25)28-14-17-6-3-5-15-4-1-2-7-19(15)17/h1-11,20H,12,14H2,(H,26,27)/t20-/m1/s1. The summed E-state index contributed by atoms with van der Waals surface area (Å²) in [6.07, 6.45) is 0.267. The Balaban J connectivity index is 1.65. The summed E-state index contributed by atoms with van der Waals surface area (Å²) in [5.41, 5.74) is 2.71. The molecule has 3 aromatic rings. The highest BCUT2D eigenvalue weighted by atomic mass is 35.5. The Morgan fingerprint density at radius 3 is 2.61 bits per heavy atom. The minimum Gasteiger partial charge on any atom is -0.320 e. The fraction of sp³-hybridized carbons (Fsp3) is 0.130. The van der Waals surface area contributed by atoms with Crippen molar-refractivity contribution in [1.82, 2.24) is 5.32 Å². The molecule has 0 bridgehead atoms. The minimum absolute atomic E-state index is 0.0700. The normalized spacial score (nSPS) is 16.7. The number of benzene rings is 3. The van der Waals surface area contributed by atoms with Crippen molar-refractivity contribution in [3.63, 3.8) is 0 Å². The van der Waals surface area contributed by atoms with Crippen molar-refractivity contribution >= 4 is 40.0 Å². The first-order chi connectivity index (χ1) is 13.7. The van der Waals surface area contributed by atoms with E-state index in [0.29, 0.717) is 21.4 Å². The Morgan fingerprint density at radius 1 is 1.07 bits per heavy atom. The summed E-state index contributed by atoms with van der Waals surface area (Å²) in [5, 5.41) is 16.4. The monoisotopic (exact) mass is 404 g/mol. The number of fused-ring (bicyclic) bond motifs is 1. The van der Waals surface area contributed by atoms with Gasteiger partial charge in [-0.1, -0.05) is 66.2 Å². The zero-order valence-corrected chi connectivity index (χ0v) is 16.6. The van der Waals surface area contributed by atoms with Crippen LogP contribution in [0.3, 0.4) is 0 Å². The summed E-state index contributed by atoms with van der Waals surface area (Å²) in [6.45, 7) is 0. The van der Waals surface area contributed by atoms with Crippen molar-refractivity contribution in [2.24, 2.45) is 0 Å². The molecule has 1 atom stereocenters. The predicted octanol–water partition coefficient (Wildman–Crippen LogP) is 5.77. The van der Waals surface area contributed by atoms with Gasteiger partial charge >= 0.3 is 0 Å². The van der Waals surface area contributed by atoms with Gasteiger partial charge in [0.25, 0.3) is 0 Å². The lowest BCUT2D eigenvalue weighted by atomic mass is 9.87. The number of carbonyl (C=O) groups excluding carboxylic acids is 1. The highest BCUT2D eigenvalue weighted by Gasteiger charge is 2.29. The molecule has 5 heteroatoms. The van der Waals surface area contributed by atoms with E-state index in [9.17, 15) is 10.1 Å². The molecule has 0 aliphatic carbocycles. The first kappa shape index (κ1) is 18.6. The van der Waals surface area contributed by atoms with Crippen molar-refractivity contribution < 1.29 is 4.79 Å². The Bertz CT molecular complexity index is 1110. The number of nitrogens with one attached hydrogen (secondary N) is 1. The maximum absolute atomic E-state index is 12.3. The summed E-state index contributed by atoms with van der Waals surface area (Å²) < 4.78 is 0. The van der Waals surface area contributed by atoms with E-state index < -0.39 is 0 Å². The van der Waals surface area contributed by atoms with E-state index in [2.05, 4.69) is 35.7 Å². The lowest BCUT2D eigenvalue weighted by molar-refractivity contribution is -0.120. The number of nitriles is 1. The van der Waals surface area contributed by atoms with E-state index in [4.69, 9.17) is 11.6 Å². The average Bonchev–Trinajstić information content (AvgIpc) is 2.72. The molecule has 28 heavy (non-hydrogen) atoms. The fourth-order valence-electron chi connectivity index (χ4n) is 3.48. The zero-order chi connectivity index (χ0) is 19.5. The number of amides is 1. The molecule has 1 aliphatic rings. The number of thioether (sulfide) groups is 1. The van der Waals surface area contributed by atoms with Crippen LogP contribution in [0.5, 0.6) is 0 Å². The third-order valence-electron chi connectivity index (χ3n) is 4.88. The first-order valence-corrected chi connectivity index (χ1v) is 10.3. The number of allylic oxidation sites excluding steroid dienone is 1. The topological polar surface area (TPSA) is 52.9 Å². The molecule has 4 rings (SSSR count). The molecule has 138 valence electrons. The summed E-state index contributed by atoms with van der Waals surface area (Å²) in [7, 11) is 0. The Labute approximate surface area is 173 Å². The van der Waals surface area contributed by atoms with Gasteiger partial charge in [0.1, 0.15) is 0 Å². The fourth-order valence-corrected chi connectivity index (χ4v) is 4.69. The van der Waals surface area contributed by atoms with Gasteiger partial charge < -0.3 is 5.32 Å². The molecule has 0 aromatic heterocycles. The number of hydrogen-bond donors (Lipinski definition) is 1. The number of hydrogen-bond acceptors (Lipinski definition) is 3. The molecule has 3 aromatic carbocycles. The maximum atomic E-state index is 12.3. The molecule has 1 aliphatic heterocycles. The van der Waals surface area contributed by atoms with E-state index >= 15 is 0 Å². The molecule has 1 N–H and O–H groups in total. The smallest absolute Gasteiger partial charge is 0.225 e. The van der Waals surface area contributed by atoms with Gasteiger partial charge in [-0.3, -0.25) is 4.79 Å². The SMILES string of the molecule is N#CC1=C(SCc2cccc3ccccc23)NC(=O)C[C@@H]1c1ccc(Cl)cc1. The van der Waals surface area contributed by atoms with Crippen LogP contribution in [0.2, 0.25) is 5.02 Å². The van der Waals surface area contributed by atoms with Gasteiger partial charge in [-0.25, -0.2) is 0 Å². The van der Waals surface area contributed by atoms with Gasteiger partial charge in [-0.05, 0) is 34.0 Å². The maximum Gasteiger partial charge on any atom is 0.225 e. The van der Waals surface area contributed by atoms with Gasteiger partial charge in [-0.15, -0.1) is 11.8 Å². The molecule has 0 saturated heterocycles. The molecule has 1 heterocycles. The van der Waals surface area contributed by atoms with Crippen LogP contribution in [0.1, 0.15) is 23.5 Å². The summed E-state index contributed by atoms with van der Waals surface area (Å²) >= 11 is 7.49. The van der Waals surface area contributed by atoms with Crippen LogP contribution < -0.4 is 5.32 Å². The van der Waals surface area contributed by atoms with Gasteiger partial charge in [0.05, 0.1) is 16.7 Å². The van der Waals surface area contributed by atoms with Gasteiger partial charge in [0.15, 0.2) is 0 Å². The number of rotatable bonds is 4. The van der Waals surface area contributed by atoms with E-state index in [1.807, 2.05) is 30.3 Å². The van der Waals surface area contributed by atoms with Gasteiger partial charge in [0, 0.05) is 23.1 Å². The Hall–Kier alpha value is -2.74. The molecule has 3 nitrogen and oxygen atoms in total. The number of nitrogens with zero attached hydrogens (tertiary/aromatic N) is 1. The van der Waals surface area contributed by atoms with Crippen LogP contribution in [0.25, 0.3) is 10.8 Å². The molecule has 0 unspecified atom stereocenters. The van der Waals surface area contributed by atoms with Gasteiger partial charge in [0.2, 0.25) is 5.91 Å². The van der Waals surface area contributed by atoms with Crippen molar-refractivity contribution in [2.75, 3.05) is 0 Å². The summed E-state index contributed by atoms with van der Waals surface area (Å²) in [6, 6.07) is 24.1. The van der Waals surface area contributed by atoms with E-state index in [0.717, 1.165) is 5.56 Å². The first-order valence-electron chi connectivity index (χ1n) is 8.94. The lowest BCUT2D eigenvalue weighted by Crippen LogP contribution is -2.30. The second kappa shape index (κ2) is 8.10. The zero-order valence-electron chi connectivity index (χ0n) is 15.0. The molecule has 1 amide bonds. The average molecular weight is 405 g/mol. The molecule has 0 saturated carbocycles. The largest absolute Gasteiger partial charge is 0.320 e. The van der Waals surface area contributed by atoms with Crippen LogP contribution in [-0.2, 0) is 10.5 Å². The van der Waals surface area contributed by atoms with Crippen LogP contribution in [0.4, 0.5) is 0 Å². The summed E-state index contributed by atoms with van der Waals surface area (Å²) in [4.78, 5) is 12.3. The van der Waals surface area contributed by atoms with Crippen molar-refractivity contribution in [3.05, 3.63) is 93.5 Å². The van der Waals surface area contributed by atoms with E-state index in [1.54, 1.807) is 12.1 Å². The molecular formula is C23H17ClN2OS. The van der Waals surface area contributed by atoms with Crippen molar-refractivity contribution in [2.45, 2.75) is 18.1 Å². The van der Waals surface area contributed by atoms with Gasteiger partial charge in [-0.2, -0.15) is 5.26 Å². The second-order valence-electron chi connectivity index (χ2n) is 6.64. The quantitative estimate of drug-likeness (QED) is 0.600. The van der Waals surface area contributed by atoms with Crippen LogP contribution >= 0.6 is 23.4 Å². The second-order valence-corrected chi connectivity index (χ2v) is 8.06. The minimum atomic E-state index is -0.244. The highest BCUT2D eigenvalue weighted by molar-refractivity contribution is 8.02. The van der Waals surface area contributed by atoms with Crippen LogP contribution in [-0.4, -0.2) is 5.91 Å². The molecular weight excluding hydrogens is 388 g/mol. The molecule has 0 fully saturated rings. The van der Waals surface area contributed by atoms with Crippen molar-refractivity contribution in [1.29, 1.82) is 5.26 Å². The van der Waals surface area contributed by atoms with E-state index in [1.165, 1.54) is 28.1 Å². The van der Waals surface area contributed by atoms with E-state index in [-0.39, 0.29) is 18.2 Å². The Morgan fingerprint density at radius 2 is 1.82 bits per heavy atom. The predicted molar refractivity (Wildman–Crippen MR) is 115 cm³/mol. The summed E-state index contributed by atoms with van der Waals surface area (Å²) in [5.74, 6) is 0.362. The lowest BCUT2D eigenvalue weighted by Gasteiger charge is -2.25. The Kier molecular flexibility index (Phi) is 5.38. The van der Waals surface area contributed by atoms with Crippen LogP contribution in [0.15, 0.2) is 77.3 Å². The van der Waals surface area contributed by atoms with Crippen molar-refractivity contribution in [3.8, 4) is 6.07 Å². The highest BCUT2D eigenvalue weighted by Crippen LogP contribution is 2.37. The third kappa shape index (κ3) is 3.77. The number of halogens is 1. The number of carbonyl (C=O) groups is 1. The third-order valence-corrected chi connectivity index (χ3v) is 6.20. The molecule has 0 spiro atoms. The molecule has 0 radical (unpaired) electrons.